The number of pyridine rings is 1. The molecule has 5 nitrogen and oxygen atoms in total. The summed E-state index contributed by atoms with van der Waals surface area (Å²) in [4.78, 5) is 17.8. The Morgan fingerprint density at radius 1 is 1.60 bits per heavy atom. The minimum Gasteiger partial charge on any atom is -0.334 e. The molecule has 0 radical (unpaired) electrons. The summed E-state index contributed by atoms with van der Waals surface area (Å²) in [6.07, 6.45) is 1.98. The van der Waals surface area contributed by atoms with Crippen LogP contribution in [0.3, 0.4) is 0 Å². The van der Waals surface area contributed by atoms with Gasteiger partial charge in [0.2, 0.25) is 0 Å². The molecule has 1 amide bonds. The van der Waals surface area contributed by atoms with Crippen LogP contribution in [-0.2, 0) is 0 Å². The quantitative estimate of drug-likeness (QED) is 0.842. The number of amides is 1. The minimum atomic E-state index is -0.931. The van der Waals surface area contributed by atoms with Gasteiger partial charge in [-0.25, -0.2) is 9.37 Å². The van der Waals surface area contributed by atoms with Crippen LogP contribution in [0.4, 0.5) is 4.39 Å². The van der Waals surface area contributed by atoms with Gasteiger partial charge < -0.3 is 10.2 Å². The van der Waals surface area contributed by atoms with Crippen molar-refractivity contribution in [1.82, 2.24) is 15.2 Å². The molecule has 1 saturated heterocycles. The number of nitrogens with one attached hydrogen (secondary N) is 1. The highest BCUT2D eigenvalue weighted by Crippen LogP contribution is 2.22. The maximum Gasteiger partial charge on any atom is 0.255 e. The van der Waals surface area contributed by atoms with Crippen LogP contribution in [0.5, 0.6) is 0 Å². The summed E-state index contributed by atoms with van der Waals surface area (Å²) < 4.78 is 13.1. The Hall–Kier alpha value is -1.71. The van der Waals surface area contributed by atoms with Crippen LogP contribution < -0.4 is 5.32 Å². The van der Waals surface area contributed by atoms with Crippen molar-refractivity contribution in [3.8, 4) is 6.07 Å². The van der Waals surface area contributed by atoms with Gasteiger partial charge in [0, 0.05) is 13.1 Å². The summed E-state index contributed by atoms with van der Waals surface area (Å²) >= 11 is 5.79. The monoisotopic (exact) mass is 296 g/mol. The Bertz CT molecular complexity index is 564. The number of carbonyl (C=O) groups excluding carboxylic acids is 1. The fraction of sp³-hybridized carbons (Fsp3) is 0.462. The van der Waals surface area contributed by atoms with Crippen LogP contribution in [0.15, 0.2) is 12.3 Å². The molecule has 1 aliphatic rings. The maximum absolute atomic E-state index is 13.1. The van der Waals surface area contributed by atoms with Crippen molar-refractivity contribution in [1.29, 1.82) is 5.26 Å². The number of halogens is 2. The zero-order valence-corrected chi connectivity index (χ0v) is 11.7. The molecule has 0 aliphatic carbocycles. The molecule has 2 heterocycles. The van der Waals surface area contributed by atoms with Crippen LogP contribution in [0.1, 0.15) is 23.2 Å². The van der Waals surface area contributed by atoms with Crippen LogP contribution >= 0.6 is 11.6 Å². The normalized spacial score (nSPS) is 18.3. The third-order valence-corrected chi connectivity index (χ3v) is 3.76. The number of carbonyl (C=O) groups is 1. The third kappa shape index (κ3) is 3.06. The lowest BCUT2D eigenvalue weighted by molar-refractivity contribution is 0.0881. The first kappa shape index (κ1) is 14.7. The molecule has 106 valence electrons. The molecular weight excluding hydrogens is 283 g/mol. The van der Waals surface area contributed by atoms with Gasteiger partial charge in [-0.3, -0.25) is 4.79 Å². The first-order valence-corrected chi connectivity index (χ1v) is 6.57. The Balaban J connectivity index is 2.18. The molecule has 0 unspecified atom stereocenters. The number of aromatic nitrogens is 1. The van der Waals surface area contributed by atoms with E-state index < -0.39 is 17.3 Å². The fourth-order valence-electron chi connectivity index (χ4n) is 2.13. The second-order valence-corrected chi connectivity index (χ2v) is 5.30. The Morgan fingerprint density at radius 2 is 2.25 bits per heavy atom. The molecule has 0 atom stereocenters. The van der Waals surface area contributed by atoms with Gasteiger partial charge in [0.15, 0.2) is 0 Å². The van der Waals surface area contributed by atoms with E-state index in [9.17, 15) is 14.4 Å². The SMILES string of the molecule is CN1CCC(C#N)(NC(=O)c2cc(F)cnc2Cl)CC1. The number of hydrogen-bond acceptors (Lipinski definition) is 4. The van der Waals surface area contributed by atoms with Crippen molar-refractivity contribution in [2.45, 2.75) is 18.4 Å². The zero-order chi connectivity index (χ0) is 14.8. The van der Waals surface area contributed by atoms with Crippen LogP contribution in [0, 0.1) is 17.1 Å². The molecule has 0 aromatic carbocycles. The largest absolute Gasteiger partial charge is 0.334 e. The van der Waals surface area contributed by atoms with Crippen molar-refractivity contribution in [2.24, 2.45) is 0 Å². The zero-order valence-electron chi connectivity index (χ0n) is 11.0. The van der Waals surface area contributed by atoms with Crippen LogP contribution in [-0.4, -0.2) is 41.5 Å². The molecule has 0 bridgehead atoms. The number of hydrogen-bond donors (Lipinski definition) is 1. The molecule has 0 spiro atoms. The smallest absolute Gasteiger partial charge is 0.255 e. The summed E-state index contributed by atoms with van der Waals surface area (Å²) in [5.74, 6) is -1.22. The molecule has 2 rings (SSSR count). The molecule has 0 saturated carbocycles. The van der Waals surface area contributed by atoms with E-state index in [0.717, 1.165) is 12.3 Å². The molecule has 20 heavy (non-hydrogen) atoms. The summed E-state index contributed by atoms with van der Waals surface area (Å²) in [6, 6.07) is 3.18. The lowest BCUT2D eigenvalue weighted by atomic mass is 9.89. The summed E-state index contributed by atoms with van der Waals surface area (Å²) in [6.45, 7) is 1.42. The van der Waals surface area contributed by atoms with Gasteiger partial charge in [0.1, 0.15) is 16.5 Å². The Kier molecular flexibility index (Phi) is 4.21. The van der Waals surface area contributed by atoms with E-state index in [4.69, 9.17) is 11.6 Å². The predicted octanol–water partition coefficient (Wildman–Crippen LogP) is 1.59. The molecule has 1 fully saturated rings. The number of piperidine rings is 1. The molecule has 7 heteroatoms. The second-order valence-electron chi connectivity index (χ2n) is 4.94. The molecule has 1 aromatic rings. The second kappa shape index (κ2) is 5.73. The van der Waals surface area contributed by atoms with E-state index >= 15 is 0 Å². The average molecular weight is 297 g/mol. The minimum absolute atomic E-state index is 0.0554. The molecule has 1 aliphatic heterocycles. The fourth-order valence-corrected chi connectivity index (χ4v) is 2.32. The van der Waals surface area contributed by atoms with Gasteiger partial charge in [0.25, 0.3) is 5.91 Å². The van der Waals surface area contributed by atoms with E-state index in [1.807, 2.05) is 7.05 Å². The molecular formula is C13H14ClFN4O. The average Bonchev–Trinajstić information content (AvgIpc) is 2.44. The molecule has 1 N–H and O–H groups in total. The standard InChI is InChI=1S/C13H14ClFN4O/c1-19-4-2-13(8-16,3-5-19)18-12(20)10-6-9(15)7-17-11(10)14/h6-7H,2-5H2,1H3,(H,18,20). The van der Waals surface area contributed by atoms with Crippen molar-refractivity contribution >= 4 is 17.5 Å². The Labute approximate surface area is 121 Å². The van der Waals surface area contributed by atoms with Gasteiger partial charge in [-0.1, -0.05) is 11.6 Å². The third-order valence-electron chi connectivity index (χ3n) is 3.46. The first-order valence-electron chi connectivity index (χ1n) is 6.19. The summed E-state index contributed by atoms with van der Waals surface area (Å²) in [7, 11) is 1.95. The van der Waals surface area contributed by atoms with Gasteiger partial charge >= 0.3 is 0 Å². The van der Waals surface area contributed by atoms with Crippen molar-refractivity contribution < 1.29 is 9.18 Å². The summed E-state index contributed by atoms with van der Waals surface area (Å²) in [5, 5.41) is 11.9. The first-order chi connectivity index (χ1) is 9.46. The van der Waals surface area contributed by atoms with Crippen LogP contribution in [0.2, 0.25) is 5.15 Å². The maximum atomic E-state index is 13.1. The number of nitrogens with zero attached hydrogens (tertiary/aromatic N) is 3. The number of likely N-dealkylation sites (tertiary alicyclic amines) is 1. The van der Waals surface area contributed by atoms with Crippen LogP contribution in [0.25, 0.3) is 0 Å². The highest BCUT2D eigenvalue weighted by Gasteiger charge is 2.36. The lowest BCUT2D eigenvalue weighted by Gasteiger charge is -2.36. The lowest BCUT2D eigenvalue weighted by Crippen LogP contribution is -2.53. The number of nitriles is 1. The number of rotatable bonds is 2. The van der Waals surface area contributed by atoms with Crippen molar-refractivity contribution in [3.05, 3.63) is 28.8 Å². The molecule has 1 aromatic heterocycles. The Morgan fingerprint density at radius 3 is 2.85 bits per heavy atom. The van der Waals surface area contributed by atoms with E-state index in [1.54, 1.807) is 0 Å². The van der Waals surface area contributed by atoms with Crippen molar-refractivity contribution in [2.75, 3.05) is 20.1 Å². The highest BCUT2D eigenvalue weighted by atomic mass is 35.5. The van der Waals surface area contributed by atoms with Gasteiger partial charge in [-0.2, -0.15) is 5.26 Å². The predicted molar refractivity (Wildman–Crippen MR) is 71.7 cm³/mol. The van der Waals surface area contributed by atoms with E-state index in [2.05, 4.69) is 21.3 Å². The van der Waals surface area contributed by atoms with Gasteiger partial charge in [-0.15, -0.1) is 0 Å². The van der Waals surface area contributed by atoms with E-state index in [0.29, 0.717) is 25.9 Å². The topological polar surface area (TPSA) is 69.0 Å². The van der Waals surface area contributed by atoms with E-state index in [-0.39, 0.29) is 10.7 Å². The van der Waals surface area contributed by atoms with Crippen molar-refractivity contribution in [3.63, 3.8) is 0 Å². The van der Waals surface area contributed by atoms with Gasteiger partial charge in [-0.05, 0) is 26.0 Å². The highest BCUT2D eigenvalue weighted by molar-refractivity contribution is 6.32. The summed E-state index contributed by atoms with van der Waals surface area (Å²) in [5.41, 5.74) is -0.987. The van der Waals surface area contributed by atoms with E-state index in [1.165, 1.54) is 0 Å². The van der Waals surface area contributed by atoms with Gasteiger partial charge in [0.05, 0.1) is 17.8 Å².